The Kier molecular flexibility index (Phi) is 6.14. The van der Waals surface area contributed by atoms with Crippen LogP contribution in [0.2, 0.25) is 0 Å². The van der Waals surface area contributed by atoms with Crippen molar-refractivity contribution in [1.82, 2.24) is 24.5 Å². The molecule has 4 aromatic rings. The predicted octanol–water partition coefficient (Wildman–Crippen LogP) is 4.20. The number of aryl methyl sites for hydroxylation is 3. The van der Waals surface area contributed by atoms with Crippen molar-refractivity contribution in [3.63, 3.8) is 0 Å². The van der Waals surface area contributed by atoms with Gasteiger partial charge in [0.05, 0.1) is 15.0 Å². The maximum atomic E-state index is 13.7. The van der Waals surface area contributed by atoms with E-state index >= 15 is 0 Å². The highest BCUT2D eigenvalue weighted by Gasteiger charge is 2.35. The van der Waals surface area contributed by atoms with Crippen LogP contribution in [0.25, 0.3) is 21.3 Å². The molecule has 0 radical (unpaired) electrons. The van der Waals surface area contributed by atoms with Gasteiger partial charge in [0.2, 0.25) is 0 Å². The van der Waals surface area contributed by atoms with Crippen LogP contribution in [-0.4, -0.2) is 36.4 Å². The van der Waals surface area contributed by atoms with Gasteiger partial charge in [-0.1, -0.05) is 0 Å². The molecule has 0 aliphatic heterocycles. The van der Waals surface area contributed by atoms with E-state index in [1.165, 1.54) is 4.68 Å². The highest BCUT2D eigenvalue weighted by Crippen LogP contribution is 2.44. The number of amides is 2. The second-order valence-corrected chi connectivity index (χ2v) is 9.50. The molecule has 14 heteroatoms. The van der Waals surface area contributed by atoms with E-state index in [1.807, 2.05) is 29.5 Å². The smallest absolute Gasteiger partial charge is 0.365 e. The minimum absolute atomic E-state index is 0.0150. The number of carbonyl (C=O) groups excluding carboxylic acids is 2. The van der Waals surface area contributed by atoms with Crippen molar-refractivity contribution in [3.8, 4) is 11.1 Å². The Hall–Kier alpha value is -3.01. The molecule has 0 unspecified atom stereocenters. The summed E-state index contributed by atoms with van der Waals surface area (Å²) in [6, 6.07) is 0.893. The topological polar surface area (TPSA) is 121 Å². The molecule has 0 saturated heterocycles. The number of hydrogen-bond acceptors (Lipinski definition) is 6. The molecule has 0 bridgehead atoms. The molecule has 0 spiro atoms. The fourth-order valence-corrected chi connectivity index (χ4v) is 5.24. The average Bonchev–Trinajstić information content (AvgIpc) is 3.41. The Morgan fingerprint density at radius 2 is 1.94 bits per heavy atom. The Morgan fingerprint density at radius 1 is 1.24 bits per heavy atom. The first-order valence-electron chi connectivity index (χ1n) is 9.80. The van der Waals surface area contributed by atoms with Gasteiger partial charge in [0.15, 0.2) is 5.69 Å². The number of aromatic nitrogens is 5. The molecular weight excluding hydrogens is 586 g/mol. The molecule has 34 heavy (non-hydrogen) atoms. The number of alkyl halides is 3. The maximum absolute atomic E-state index is 13.7. The van der Waals surface area contributed by atoms with Gasteiger partial charge in [0, 0.05) is 36.9 Å². The molecule has 4 heterocycles. The zero-order chi connectivity index (χ0) is 24.9. The SMILES string of the molecule is CCn1cc(-c2cc(C(F)(F)F)nc3sc(C(N)=O)c(NC(=O)c4nn(C)cc4I)c23)c(C)n1. The highest BCUT2D eigenvalue weighted by molar-refractivity contribution is 14.1. The van der Waals surface area contributed by atoms with Crippen LogP contribution in [0.15, 0.2) is 18.5 Å². The third kappa shape index (κ3) is 4.26. The van der Waals surface area contributed by atoms with E-state index < -0.39 is 23.7 Å². The second kappa shape index (κ2) is 8.65. The average molecular weight is 603 g/mol. The van der Waals surface area contributed by atoms with Crippen LogP contribution >= 0.6 is 33.9 Å². The summed E-state index contributed by atoms with van der Waals surface area (Å²) in [5.41, 5.74) is 5.49. The van der Waals surface area contributed by atoms with Crippen molar-refractivity contribution < 1.29 is 22.8 Å². The molecule has 0 saturated carbocycles. The van der Waals surface area contributed by atoms with Crippen LogP contribution in [0, 0.1) is 10.5 Å². The van der Waals surface area contributed by atoms with E-state index in [1.54, 1.807) is 31.0 Å². The molecule has 0 atom stereocenters. The van der Waals surface area contributed by atoms with Gasteiger partial charge in [-0.3, -0.25) is 19.0 Å². The number of fused-ring (bicyclic) bond motifs is 1. The predicted molar refractivity (Wildman–Crippen MR) is 129 cm³/mol. The van der Waals surface area contributed by atoms with Crippen molar-refractivity contribution in [1.29, 1.82) is 0 Å². The van der Waals surface area contributed by atoms with Crippen LogP contribution in [0.4, 0.5) is 18.9 Å². The Labute approximate surface area is 208 Å². The van der Waals surface area contributed by atoms with Gasteiger partial charge < -0.3 is 11.1 Å². The molecule has 0 aliphatic rings. The number of pyridine rings is 1. The molecule has 3 N–H and O–H groups in total. The molecule has 2 amide bonds. The molecular formula is C20H17F3IN7O2S. The maximum Gasteiger partial charge on any atom is 0.433 e. The van der Waals surface area contributed by atoms with Crippen molar-refractivity contribution in [2.45, 2.75) is 26.6 Å². The lowest BCUT2D eigenvalue weighted by atomic mass is 10.0. The summed E-state index contributed by atoms with van der Waals surface area (Å²) in [4.78, 5) is 28.7. The lowest BCUT2D eigenvalue weighted by molar-refractivity contribution is -0.140. The lowest BCUT2D eigenvalue weighted by Gasteiger charge is -2.11. The summed E-state index contributed by atoms with van der Waals surface area (Å²) in [5, 5.41) is 11.2. The van der Waals surface area contributed by atoms with Gasteiger partial charge in [-0.25, -0.2) is 4.98 Å². The summed E-state index contributed by atoms with van der Waals surface area (Å²) >= 11 is 2.62. The quantitative estimate of drug-likeness (QED) is 0.332. The number of primary amides is 1. The van der Waals surface area contributed by atoms with E-state index in [0.717, 1.165) is 6.07 Å². The number of rotatable bonds is 5. The molecule has 0 aliphatic carbocycles. The number of anilines is 1. The van der Waals surface area contributed by atoms with Crippen LogP contribution in [0.1, 0.15) is 38.5 Å². The summed E-state index contributed by atoms with van der Waals surface area (Å²) in [6.45, 7) is 4.01. The first kappa shape index (κ1) is 24.1. The summed E-state index contributed by atoms with van der Waals surface area (Å²) < 4.78 is 44.6. The zero-order valence-electron chi connectivity index (χ0n) is 18.0. The molecule has 9 nitrogen and oxygen atoms in total. The van der Waals surface area contributed by atoms with Gasteiger partial charge >= 0.3 is 6.18 Å². The number of thiophene rings is 1. The van der Waals surface area contributed by atoms with E-state index in [2.05, 4.69) is 20.5 Å². The Balaban J connectivity index is 2.02. The van der Waals surface area contributed by atoms with Crippen LogP contribution in [0.3, 0.4) is 0 Å². The summed E-state index contributed by atoms with van der Waals surface area (Å²) in [6.07, 6.45) is -1.50. The van der Waals surface area contributed by atoms with Crippen LogP contribution in [-0.2, 0) is 19.8 Å². The van der Waals surface area contributed by atoms with Gasteiger partial charge in [-0.15, -0.1) is 11.3 Å². The second-order valence-electron chi connectivity index (χ2n) is 7.34. The normalized spacial score (nSPS) is 11.9. The van der Waals surface area contributed by atoms with Crippen molar-refractivity contribution in [3.05, 3.63) is 44.0 Å². The summed E-state index contributed by atoms with van der Waals surface area (Å²) in [7, 11) is 1.64. The minimum Gasteiger partial charge on any atom is -0.365 e. The summed E-state index contributed by atoms with van der Waals surface area (Å²) in [5.74, 6) is -1.55. The standard InChI is InChI=1S/C20H17F3IN7O2S/c1-4-31-6-10(8(2)28-31)9-5-12(20(21,22)23)26-19-13(9)15(16(34-19)17(25)32)27-18(33)14-11(24)7-30(3)29-14/h5-7H,4H2,1-3H3,(H2,25,32)(H,27,33). The van der Waals surface area contributed by atoms with Gasteiger partial charge in [-0.05, 0) is 48.1 Å². The van der Waals surface area contributed by atoms with Gasteiger partial charge in [0.25, 0.3) is 11.8 Å². The van der Waals surface area contributed by atoms with Crippen LogP contribution < -0.4 is 11.1 Å². The van der Waals surface area contributed by atoms with E-state index in [9.17, 15) is 22.8 Å². The third-order valence-electron chi connectivity index (χ3n) is 4.97. The van der Waals surface area contributed by atoms with Crippen molar-refractivity contribution >= 4 is 61.6 Å². The number of hydrogen-bond donors (Lipinski definition) is 2. The first-order valence-corrected chi connectivity index (χ1v) is 11.7. The van der Waals surface area contributed by atoms with E-state index in [4.69, 9.17) is 5.73 Å². The largest absolute Gasteiger partial charge is 0.433 e. The number of nitrogens with one attached hydrogen (secondary N) is 1. The van der Waals surface area contributed by atoms with Crippen LogP contribution in [0.5, 0.6) is 0 Å². The zero-order valence-corrected chi connectivity index (χ0v) is 21.0. The van der Waals surface area contributed by atoms with Gasteiger partial charge in [-0.2, -0.15) is 23.4 Å². The fourth-order valence-electron chi connectivity index (χ4n) is 3.48. The minimum atomic E-state index is -4.73. The first-order chi connectivity index (χ1) is 15.9. The monoisotopic (exact) mass is 603 g/mol. The Morgan fingerprint density at radius 3 is 2.47 bits per heavy atom. The molecule has 4 rings (SSSR count). The number of halogens is 4. The molecule has 4 aromatic heterocycles. The highest BCUT2D eigenvalue weighted by atomic mass is 127. The fraction of sp³-hybridized carbons (Fsp3) is 0.250. The number of nitrogens with zero attached hydrogens (tertiary/aromatic N) is 5. The number of nitrogens with two attached hydrogens (primary N) is 1. The number of carbonyl (C=O) groups is 2. The van der Waals surface area contributed by atoms with Crippen molar-refractivity contribution in [2.75, 3.05) is 5.32 Å². The lowest BCUT2D eigenvalue weighted by Crippen LogP contribution is -2.18. The third-order valence-corrected chi connectivity index (χ3v) is 6.86. The molecule has 0 fully saturated rings. The molecule has 0 aromatic carbocycles. The van der Waals surface area contributed by atoms with E-state index in [0.29, 0.717) is 32.7 Å². The van der Waals surface area contributed by atoms with Gasteiger partial charge in [0.1, 0.15) is 15.4 Å². The Bertz CT molecular complexity index is 1450. The van der Waals surface area contributed by atoms with E-state index in [-0.39, 0.29) is 32.0 Å². The van der Waals surface area contributed by atoms with Crippen molar-refractivity contribution in [2.24, 2.45) is 12.8 Å². The molecule has 178 valence electrons.